The molecule has 5 heteroatoms. The summed E-state index contributed by atoms with van der Waals surface area (Å²) in [4.78, 5) is 19.1. The fourth-order valence-corrected chi connectivity index (χ4v) is 3.38. The molecule has 1 amide bonds. The molecule has 0 atom stereocenters. The minimum absolute atomic E-state index is 0.139. The van der Waals surface area contributed by atoms with Crippen molar-refractivity contribution in [3.63, 3.8) is 0 Å². The van der Waals surface area contributed by atoms with Crippen molar-refractivity contribution in [1.82, 2.24) is 4.90 Å². The molecule has 2 aliphatic rings. The maximum absolute atomic E-state index is 12.1. The van der Waals surface area contributed by atoms with Gasteiger partial charge in [-0.25, -0.2) is 0 Å². The van der Waals surface area contributed by atoms with Crippen LogP contribution >= 0.6 is 11.8 Å². The van der Waals surface area contributed by atoms with Crippen molar-refractivity contribution in [2.24, 2.45) is 4.99 Å². The Kier molecular flexibility index (Phi) is 4.64. The molecule has 2 heterocycles. The summed E-state index contributed by atoms with van der Waals surface area (Å²) >= 11 is 1.46. The molecular formula is C17H20N2O2S. The van der Waals surface area contributed by atoms with Gasteiger partial charge in [0.15, 0.2) is 5.17 Å². The van der Waals surface area contributed by atoms with Gasteiger partial charge in [-0.3, -0.25) is 4.79 Å². The summed E-state index contributed by atoms with van der Waals surface area (Å²) < 4.78 is 5.33. The van der Waals surface area contributed by atoms with E-state index in [0.29, 0.717) is 24.0 Å². The largest absolute Gasteiger partial charge is 0.378 e. The number of rotatable bonds is 2. The summed E-state index contributed by atoms with van der Waals surface area (Å²) in [6.07, 6.45) is 1.92. The zero-order valence-electron chi connectivity index (χ0n) is 12.9. The Bertz CT molecular complexity index is 614. The lowest BCUT2D eigenvalue weighted by Crippen LogP contribution is -2.38. The predicted molar refractivity (Wildman–Crippen MR) is 90.9 cm³/mol. The number of benzene rings is 1. The van der Waals surface area contributed by atoms with E-state index >= 15 is 0 Å². The molecule has 0 aliphatic carbocycles. The summed E-state index contributed by atoms with van der Waals surface area (Å²) in [6, 6.07) is 8.35. The van der Waals surface area contributed by atoms with Crippen molar-refractivity contribution in [3.8, 4) is 0 Å². The van der Waals surface area contributed by atoms with Crippen LogP contribution in [-0.4, -0.2) is 42.3 Å². The van der Waals surface area contributed by atoms with E-state index in [9.17, 15) is 4.79 Å². The molecule has 3 rings (SSSR count). The average molecular weight is 316 g/mol. The second-order valence-electron chi connectivity index (χ2n) is 5.73. The van der Waals surface area contributed by atoms with E-state index in [-0.39, 0.29) is 5.91 Å². The van der Waals surface area contributed by atoms with Gasteiger partial charge >= 0.3 is 0 Å². The molecule has 1 fully saturated rings. The monoisotopic (exact) mass is 316 g/mol. The number of aliphatic imine (C=N–C) groups is 1. The van der Waals surface area contributed by atoms with Crippen LogP contribution in [0.1, 0.15) is 30.9 Å². The Labute approximate surface area is 135 Å². The van der Waals surface area contributed by atoms with Gasteiger partial charge in [0.25, 0.3) is 5.91 Å². The molecule has 0 saturated carbocycles. The van der Waals surface area contributed by atoms with Crippen LogP contribution in [0.25, 0.3) is 6.08 Å². The first-order valence-electron chi connectivity index (χ1n) is 7.59. The highest BCUT2D eigenvalue weighted by Crippen LogP contribution is 2.30. The minimum Gasteiger partial charge on any atom is -0.378 e. The normalized spacial score (nSPS) is 20.9. The zero-order valence-corrected chi connectivity index (χ0v) is 13.7. The Balaban J connectivity index is 1.71. The molecule has 2 aliphatic heterocycles. The van der Waals surface area contributed by atoms with Crippen LogP contribution in [0.5, 0.6) is 0 Å². The first kappa shape index (κ1) is 15.3. The van der Waals surface area contributed by atoms with Gasteiger partial charge in [0.1, 0.15) is 0 Å². The number of hydrogen-bond acceptors (Lipinski definition) is 4. The first-order valence-corrected chi connectivity index (χ1v) is 8.40. The molecule has 1 aromatic rings. The third-order valence-electron chi connectivity index (χ3n) is 3.79. The highest BCUT2D eigenvalue weighted by Gasteiger charge is 2.26. The standard InChI is InChI=1S/C17H20N2O2S/c1-12(2)14-5-3-13(4-6-14)11-15-16(20)18-17(22-15)19-7-9-21-10-8-19/h3-6,11-12H,7-10H2,1-2H3/b15-11+. The summed E-state index contributed by atoms with van der Waals surface area (Å²) in [5.74, 6) is 0.375. The van der Waals surface area contributed by atoms with Crippen molar-refractivity contribution >= 4 is 28.9 Å². The van der Waals surface area contributed by atoms with E-state index in [1.807, 2.05) is 6.08 Å². The third-order valence-corrected chi connectivity index (χ3v) is 4.84. The lowest BCUT2D eigenvalue weighted by molar-refractivity contribution is -0.113. The van der Waals surface area contributed by atoms with Crippen molar-refractivity contribution in [1.29, 1.82) is 0 Å². The molecule has 1 aromatic carbocycles. The van der Waals surface area contributed by atoms with E-state index < -0.39 is 0 Å². The highest BCUT2D eigenvalue weighted by atomic mass is 32.2. The molecule has 0 N–H and O–H groups in total. The number of hydrogen-bond donors (Lipinski definition) is 0. The van der Waals surface area contributed by atoms with Crippen molar-refractivity contribution in [2.45, 2.75) is 19.8 Å². The van der Waals surface area contributed by atoms with Crippen LogP contribution in [0.4, 0.5) is 0 Å². The van der Waals surface area contributed by atoms with Crippen LogP contribution in [0, 0.1) is 0 Å². The number of amidine groups is 1. The van der Waals surface area contributed by atoms with Crippen LogP contribution in [0.3, 0.4) is 0 Å². The van der Waals surface area contributed by atoms with E-state index in [0.717, 1.165) is 23.8 Å². The summed E-state index contributed by atoms with van der Waals surface area (Å²) in [6.45, 7) is 7.34. The number of carbonyl (C=O) groups is 1. The van der Waals surface area contributed by atoms with Gasteiger partial charge in [-0.1, -0.05) is 38.1 Å². The van der Waals surface area contributed by atoms with Gasteiger partial charge in [-0.2, -0.15) is 4.99 Å². The lowest BCUT2D eigenvalue weighted by atomic mass is 10.0. The number of nitrogens with zero attached hydrogens (tertiary/aromatic N) is 2. The fraction of sp³-hybridized carbons (Fsp3) is 0.412. The molecular weight excluding hydrogens is 296 g/mol. The summed E-state index contributed by atoms with van der Waals surface area (Å²) in [7, 11) is 0. The SMILES string of the molecule is CC(C)c1ccc(/C=C2/SC(N3CCOCC3)=NC2=O)cc1. The minimum atomic E-state index is -0.139. The van der Waals surface area contributed by atoms with Crippen molar-refractivity contribution < 1.29 is 9.53 Å². The highest BCUT2D eigenvalue weighted by molar-refractivity contribution is 8.18. The fourth-order valence-electron chi connectivity index (χ4n) is 2.42. The van der Waals surface area contributed by atoms with Crippen LogP contribution in [0.2, 0.25) is 0 Å². The van der Waals surface area contributed by atoms with Gasteiger partial charge < -0.3 is 9.64 Å². The topological polar surface area (TPSA) is 41.9 Å². The summed E-state index contributed by atoms with van der Waals surface area (Å²) in [5, 5.41) is 0.804. The van der Waals surface area contributed by atoms with Gasteiger partial charge in [0.2, 0.25) is 0 Å². The molecule has 1 saturated heterocycles. The smallest absolute Gasteiger partial charge is 0.286 e. The molecule has 0 bridgehead atoms. The van der Waals surface area contributed by atoms with Crippen molar-refractivity contribution in [3.05, 3.63) is 40.3 Å². The quantitative estimate of drug-likeness (QED) is 0.786. The number of thioether (sulfide) groups is 1. The number of morpholine rings is 1. The van der Waals surface area contributed by atoms with Crippen LogP contribution in [0.15, 0.2) is 34.2 Å². The van der Waals surface area contributed by atoms with Crippen LogP contribution in [-0.2, 0) is 9.53 Å². The average Bonchev–Trinajstić information content (AvgIpc) is 2.90. The molecule has 0 aromatic heterocycles. The second-order valence-corrected chi connectivity index (χ2v) is 6.74. The third kappa shape index (κ3) is 3.42. The zero-order chi connectivity index (χ0) is 15.5. The Morgan fingerprint density at radius 2 is 1.91 bits per heavy atom. The van der Waals surface area contributed by atoms with Crippen LogP contribution < -0.4 is 0 Å². The first-order chi connectivity index (χ1) is 10.6. The molecule has 0 unspecified atom stereocenters. The van der Waals surface area contributed by atoms with Crippen molar-refractivity contribution in [2.75, 3.05) is 26.3 Å². The number of amides is 1. The predicted octanol–water partition coefficient (Wildman–Crippen LogP) is 3.11. The summed E-state index contributed by atoms with van der Waals surface area (Å²) in [5.41, 5.74) is 2.34. The molecule has 22 heavy (non-hydrogen) atoms. The molecule has 116 valence electrons. The van der Waals surface area contributed by atoms with E-state index in [1.165, 1.54) is 17.3 Å². The second kappa shape index (κ2) is 6.67. The maximum Gasteiger partial charge on any atom is 0.286 e. The van der Waals surface area contributed by atoms with Gasteiger partial charge in [-0.05, 0) is 34.9 Å². The van der Waals surface area contributed by atoms with Gasteiger partial charge in [0, 0.05) is 13.1 Å². The molecule has 0 radical (unpaired) electrons. The van der Waals surface area contributed by atoms with E-state index in [1.54, 1.807) is 0 Å². The van der Waals surface area contributed by atoms with Gasteiger partial charge in [-0.15, -0.1) is 0 Å². The lowest BCUT2D eigenvalue weighted by Gasteiger charge is -2.27. The Hall–Kier alpha value is -1.59. The number of ether oxygens (including phenoxy) is 1. The van der Waals surface area contributed by atoms with E-state index in [4.69, 9.17) is 4.74 Å². The van der Waals surface area contributed by atoms with E-state index in [2.05, 4.69) is 48.0 Å². The Morgan fingerprint density at radius 3 is 2.55 bits per heavy atom. The molecule has 4 nitrogen and oxygen atoms in total. The van der Waals surface area contributed by atoms with Gasteiger partial charge in [0.05, 0.1) is 18.1 Å². The maximum atomic E-state index is 12.1. The molecule has 0 spiro atoms. The number of carbonyl (C=O) groups excluding carboxylic acids is 1. The Morgan fingerprint density at radius 1 is 1.23 bits per heavy atom.